The van der Waals surface area contributed by atoms with Crippen LogP contribution in [0, 0.1) is 11.3 Å². The molecule has 0 unspecified atom stereocenters. The van der Waals surface area contributed by atoms with E-state index >= 15 is 0 Å². The van der Waals surface area contributed by atoms with Crippen LogP contribution in [0.2, 0.25) is 0 Å². The van der Waals surface area contributed by atoms with Crippen LogP contribution in [0.25, 0.3) is 16.6 Å². The maximum absolute atomic E-state index is 12.4. The van der Waals surface area contributed by atoms with Crippen molar-refractivity contribution in [2.75, 3.05) is 25.5 Å². The molecule has 2 aromatic carbocycles. The Morgan fingerprint density at radius 1 is 1.20 bits per heavy atom. The number of aryl methyl sites for hydroxylation is 2. The van der Waals surface area contributed by atoms with Crippen molar-refractivity contribution in [3.05, 3.63) is 65.7 Å². The van der Waals surface area contributed by atoms with Gasteiger partial charge in [-0.3, -0.25) is 9.69 Å². The lowest BCUT2D eigenvalue weighted by Gasteiger charge is -2.17. The Balaban J connectivity index is 1.73. The first-order chi connectivity index (χ1) is 14.4. The summed E-state index contributed by atoms with van der Waals surface area (Å²) >= 11 is 0. The number of amides is 1. The molecule has 0 spiro atoms. The highest BCUT2D eigenvalue weighted by molar-refractivity contribution is 5.93. The van der Waals surface area contributed by atoms with Gasteiger partial charge in [0, 0.05) is 12.7 Å². The van der Waals surface area contributed by atoms with Crippen molar-refractivity contribution in [1.82, 2.24) is 14.5 Å². The van der Waals surface area contributed by atoms with E-state index in [1.807, 2.05) is 55.5 Å². The zero-order valence-electron chi connectivity index (χ0n) is 17.4. The van der Waals surface area contributed by atoms with Crippen molar-refractivity contribution in [1.29, 1.82) is 5.26 Å². The van der Waals surface area contributed by atoms with E-state index in [0.29, 0.717) is 5.82 Å². The molecule has 0 aliphatic rings. The van der Waals surface area contributed by atoms with Gasteiger partial charge in [-0.25, -0.2) is 4.98 Å². The number of nitrogens with zero attached hydrogens (tertiary/aromatic N) is 4. The summed E-state index contributed by atoms with van der Waals surface area (Å²) in [6.07, 6.45) is 0.819. The molecular weight excluding hydrogens is 378 g/mol. The first-order valence-electron chi connectivity index (χ1n) is 9.75. The molecule has 0 fully saturated rings. The summed E-state index contributed by atoms with van der Waals surface area (Å²) in [5.41, 5.74) is 3.56. The third-order valence-corrected chi connectivity index (χ3v) is 4.92. The Bertz CT molecular complexity index is 1140. The number of nitrogens with one attached hydrogen (secondary N) is 1. The quantitative estimate of drug-likeness (QED) is 0.465. The van der Waals surface area contributed by atoms with E-state index in [1.54, 1.807) is 23.6 Å². The van der Waals surface area contributed by atoms with Gasteiger partial charge in [0.2, 0.25) is 5.91 Å². The van der Waals surface area contributed by atoms with Crippen LogP contribution in [-0.2, 0) is 18.3 Å². The van der Waals surface area contributed by atoms with Crippen molar-refractivity contribution in [2.24, 2.45) is 7.05 Å². The number of hydrogen-bond donors (Lipinski definition) is 2. The topological polar surface area (TPSA) is 94.2 Å². The van der Waals surface area contributed by atoms with Crippen LogP contribution in [-0.4, -0.2) is 45.6 Å². The molecule has 7 heteroatoms. The van der Waals surface area contributed by atoms with Crippen LogP contribution in [0.15, 0.2) is 54.3 Å². The maximum atomic E-state index is 12.4. The van der Waals surface area contributed by atoms with Crippen molar-refractivity contribution in [2.45, 2.75) is 13.3 Å². The van der Waals surface area contributed by atoms with Gasteiger partial charge in [0.15, 0.2) is 5.82 Å². The molecular formula is C23H25N5O2. The van der Waals surface area contributed by atoms with Gasteiger partial charge in [0.25, 0.3) is 0 Å². The van der Waals surface area contributed by atoms with Crippen LogP contribution in [0.4, 0.5) is 5.69 Å². The highest BCUT2D eigenvalue weighted by Crippen LogP contribution is 2.22. The number of fused-ring (bicyclic) bond motifs is 1. The van der Waals surface area contributed by atoms with Crippen molar-refractivity contribution >= 4 is 28.2 Å². The molecule has 154 valence electrons. The van der Waals surface area contributed by atoms with E-state index in [1.165, 1.54) is 0 Å². The third-order valence-electron chi connectivity index (χ3n) is 4.92. The number of aliphatic hydroxyl groups excluding tert-OH is 1. The molecule has 1 aromatic heterocycles. The van der Waals surface area contributed by atoms with Gasteiger partial charge in [0.05, 0.1) is 24.1 Å². The molecule has 0 atom stereocenters. The largest absolute Gasteiger partial charge is 0.509 e. The summed E-state index contributed by atoms with van der Waals surface area (Å²) in [6.45, 7) is 2.16. The molecule has 1 amide bonds. The highest BCUT2D eigenvalue weighted by atomic mass is 16.3. The van der Waals surface area contributed by atoms with Crippen molar-refractivity contribution < 1.29 is 9.90 Å². The zero-order chi connectivity index (χ0) is 21.7. The van der Waals surface area contributed by atoms with Gasteiger partial charge in [-0.05, 0) is 37.2 Å². The SMILES string of the molecule is CCc1ccccc1NC(=O)CN(C)C/C(O)=C(\C#N)c1nc2ccccc2n1C. The number of nitriles is 1. The monoisotopic (exact) mass is 403 g/mol. The van der Waals surface area contributed by atoms with Crippen LogP contribution >= 0.6 is 0 Å². The van der Waals surface area contributed by atoms with Gasteiger partial charge in [-0.1, -0.05) is 37.3 Å². The smallest absolute Gasteiger partial charge is 0.238 e. The summed E-state index contributed by atoms with van der Waals surface area (Å²) < 4.78 is 1.78. The second-order valence-electron chi connectivity index (χ2n) is 7.15. The number of rotatable bonds is 7. The Labute approximate surface area is 175 Å². The predicted octanol–water partition coefficient (Wildman–Crippen LogP) is 3.50. The third kappa shape index (κ3) is 4.50. The average Bonchev–Trinajstić information content (AvgIpc) is 3.05. The van der Waals surface area contributed by atoms with Gasteiger partial charge < -0.3 is 15.0 Å². The number of anilines is 1. The van der Waals surface area contributed by atoms with Crippen LogP contribution < -0.4 is 5.32 Å². The molecule has 1 heterocycles. The molecule has 7 nitrogen and oxygen atoms in total. The molecule has 2 N–H and O–H groups in total. The Morgan fingerprint density at radius 3 is 2.60 bits per heavy atom. The predicted molar refractivity (Wildman–Crippen MR) is 118 cm³/mol. The number of hydrogen-bond acceptors (Lipinski definition) is 5. The second kappa shape index (κ2) is 9.25. The summed E-state index contributed by atoms with van der Waals surface area (Å²) in [6, 6.07) is 17.2. The van der Waals surface area contributed by atoms with Gasteiger partial charge in [-0.15, -0.1) is 0 Å². The number of para-hydroxylation sites is 3. The molecule has 30 heavy (non-hydrogen) atoms. The molecule has 3 rings (SSSR count). The van der Waals surface area contributed by atoms with Crippen LogP contribution in [0.5, 0.6) is 0 Å². The normalized spacial score (nSPS) is 12.0. The molecule has 0 aliphatic heterocycles. The summed E-state index contributed by atoms with van der Waals surface area (Å²) in [5, 5.41) is 23.1. The zero-order valence-corrected chi connectivity index (χ0v) is 17.4. The number of benzene rings is 2. The van der Waals surface area contributed by atoms with E-state index in [-0.39, 0.29) is 30.3 Å². The number of allylic oxidation sites excluding steroid dienone is 1. The summed E-state index contributed by atoms with van der Waals surface area (Å²) in [7, 11) is 3.52. The van der Waals surface area contributed by atoms with E-state index < -0.39 is 0 Å². The van der Waals surface area contributed by atoms with Gasteiger partial charge >= 0.3 is 0 Å². The lowest BCUT2D eigenvalue weighted by Crippen LogP contribution is -2.32. The average molecular weight is 403 g/mol. The highest BCUT2D eigenvalue weighted by Gasteiger charge is 2.18. The van der Waals surface area contributed by atoms with Crippen molar-refractivity contribution in [3.63, 3.8) is 0 Å². The Kier molecular flexibility index (Phi) is 6.50. The number of carbonyl (C=O) groups excluding carboxylic acids is 1. The lowest BCUT2D eigenvalue weighted by molar-refractivity contribution is -0.117. The van der Waals surface area contributed by atoms with E-state index in [9.17, 15) is 15.2 Å². The minimum atomic E-state index is -0.188. The van der Waals surface area contributed by atoms with E-state index in [2.05, 4.69) is 16.4 Å². The fourth-order valence-electron chi connectivity index (χ4n) is 3.39. The molecule has 0 radical (unpaired) electrons. The van der Waals surface area contributed by atoms with Crippen LogP contribution in [0.3, 0.4) is 0 Å². The molecule has 0 aliphatic carbocycles. The Hall–Kier alpha value is -3.63. The maximum Gasteiger partial charge on any atom is 0.238 e. The van der Waals surface area contributed by atoms with E-state index in [0.717, 1.165) is 28.7 Å². The standard InChI is InChI=1S/C23H25N5O2/c1-4-16-9-5-6-10-18(16)25-22(30)15-27(2)14-21(29)17(13-24)23-26-19-11-7-8-12-20(19)28(23)3/h5-12,29H,4,14-15H2,1-3H3,(H,25,30)/b21-17-. The summed E-state index contributed by atoms with van der Waals surface area (Å²) in [5.74, 6) is 0.0820. The van der Waals surface area contributed by atoms with Crippen LogP contribution in [0.1, 0.15) is 18.3 Å². The Morgan fingerprint density at radius 2 is 1.90 bits per heavy atom. The van der Waals surface area contributed by atoms with Crippen molar-refractivity contribution in [3.8, 4) is 6.07 Å². The van der Waals surface area contributed by atoms with Gasteiger partial charge in [-0.2, -0.15) is 5.26 Å². The minimum Gasteiger partial charge on any atom is -0.509 e. The number of aromatic nitrogens is 2. The van der Waals surface area contributed by atoms with Gasteiger partial charge in [0.1, 0.15) is 17.4 Å². The molecule has 0 saturated heterocycles. The molecule has 0 bridgehead atoms. The minimum absolute atomic E-state index is 0.0505. The second-order valence-corrected chi connectivity index (χ2v) is 7.15. The first-order valence-corrected chi connectivity index (χ1v) is 9.75. The first kappa shape index (κ1) is 21.1. The molecule has 0 saturated carbocycles. The number of aliphatic hydroxyl groups is 1. The summed E-state index contributed by atoms with van der Waals surface area (Å²) in [4.78, 5) is 18.5. The fourth-order valence-corrected chi connectivity index (χ4v) is 3.39. The van der Waals surface area contributed by atoms with E-state index in [4.69, 9.17) is 0 Å². The fraction of sp³-hybridized carbons (Fsp3) is 0.261. The number of imidazole rings is 1. The molecule has 3 aromatic rings. The number of likely N-dealkylation sites (N-methyl/N-ethyl adjacent to an activating group) is 1. The lowest BCUT2D eigenvalue weighted by atomic mass is 10.1. The number of carbonyl (C=O) groups is 1.